The van der Waals surface area contributed by atoms with Crippen molar-refractivity contribution >= 4 is 5.91 Å². The third kappa shape index (κ3) is 2.84. The second-order valence-electron chi connectivity index (χ2n) is 6.51. The van der Waals surface area contributed by atoms with E-state index >= 15 is 0 Å². The minimum atomic E-state index is 0.184. The second-order valence-corrected chi connectivity index (χ2v) is 6.51. The molecule has 5 heteroatoms. The Morgan fingerprint density at radius 2 is 2.10 bits per heavy atom. The molecular weight excluding hydrogens is 264 g/mol. The van der Waals surface area contributed by atoms with Crippen LogP contribution in [0.4, 0.5) is 0 Å². The van der Waals surface area contributed by atoms with Crippen LogP contribution in [0.3, 0.4) is 0 Å². The fraction of sp³-hybridized carbons (Fsp3) is 0.750. The Bertz CT molecular complexity index is 490. The summed E-state index contributed by atoms with van der Waals surface area (Å²) >= 11 is 0. The van der Waals surface area contributed by atoms with E-state index in [4.69, 9.17) is 5.73 Å². The Hall–Kier alpha value is -1.36. The summed E-state index contributed by atoms with van der Waals surface area (Å²) in [5, 5.41) is 4.25. The third-order valence-electron chi connectivity index (χ3n) is 5.36. The van der Waals surface area contributed by atoms with Crippen LogP contribution in [0.1, 0.15) is 43.7 Å². The number of aromatic nitrogens is 2. The van der Waals surface area contributed by atoms with Crippen molar-refractivity contribution in [2.24, 2.45) is 24.6 Å². The van der Waals surface area contributed by atoms with Gasteiger partial charge in [-0.2, -0.15) is 5.10 Å². The number of piperidine rings is 1. The van der Waals surface area contributed by atoms with Gasteiger partial charge in [0.1, 0.15) is 0 Å². The van der Waals surface area contributed by atoms with Gasteiger partial charge in [0.2, 0.25) is 5.91 Å². The van der Waals surface area contributed by atoms with E-state index in [2.05, 4.69) is 16.1 Å². The highest BCUT2D eigenvalue weighted by molar-refractivity contribution is 5.79. The molecule has 1 aromatic heterocycles. The van der Waals surface area contributed by atoms with Gasteiger partial charge >= 0.3 is 0 Å². The normalized spacial score (nSPS) is 27.2. The Morgan fingerprint density at radius 3 is 2.71 bits per heavy atom. The molecule has 2 aliphatic rings. The maximum atomic E-state index is 12.7. The molecule has 1 aliphatic heterocycles. The van der Waals surface area contributed by atoms with E-state index in [0.717, 1.165) is 45.2 Å². The van der Waals surface area contributed by atoms with Crippen LogP contribution in [0.5, 0.6) is 0 Å². The molecule has 3 rings (SSSR count). The Labute approximate surface area is 126 Å². The summed E-state index contributed by atoms with van der Waals surface area (Å²) in [6.07, 6.45) is 7.26. The summed E-state index contributed by atoms with van der Waals surface area (Å²) in [4.78, 5) is 14.8. The summed E-state index contributed by atoms with van der Waals surface area (Å²) in [5.74, 6) is 1.48. The highest BCUT2D eigenvalue weighted by atomic mass is 16.2. The molecule has 5 nitrogen and oxygen atoms in total. The lowest BCUT2D eigenvalue weighted by Crippen LogP contribution is -2.43. The number of nitrogens with two attached hydrogens (primary N) is 1. The van der Waals surface area contributed by atoms with Crippen LogP contribution in [-0.4, -0.2) is 40.2 Å². The standard InChI is InChI=1S/C16H26N4O/c1-19-15(5-8-18-19)12-6-9-20(10-7-12)16(21)14-4-2-3-13(14)11-17/h5,8,12-14H,2-4,6-7,9-11,17H2,1H3/t13-,14-/m1/s1. The van der Waals surface area contributed by atoms with Crippen molar-refractivity contribution in [1.82, 2.24) is 14.7 Å². The molecule has 0 radical (unpaired) electrons. The highest BCUT2D eigenvalue weighted by Crippen LogP contribution is 2.34. The zero-order chi connectivity index (χ0) is 14.8. The van der Waals surface area contributed by atoms with Gasteiger partial charge in [-0.05, 0) is 44.2 Å². The van der Waals surface area contributed by atoms with Crippen LogP contribution in [0.25, 0.3) is 0 Å². The zero-order valence-corrected chi connectivity index (χ0v) is 12.9. The summed E-state index contributed by atoms with van der Waals surface area (Å²) in [6, 6.07) is 2.10. The topological polar surface area (TPSA) is 64.2 Å². The quantitative estimate of drug-likeness (QED) is 0.917. The molecule has 2 fully saturated rings. The molecule has 1 aromatic rings. The SMILES string of the molecule is Cn1nccc1C1CCN(C(=O)[C@@H]2CCC[C@@H]2CN)CC1. The summed E-state index contributed by atoms with van der Waals surface area (Å²) in [5.41, 5.74) is 7.11. The molecule has 0 aromatic carbocycles. The van der Waals surface area contributed by atoms with E-state index in [9.17, 15) is 4.79 Å². The maximum Gasteiger partial charge on any atom is 0.226 e. The van der Waals surface area contributed by atoms with Gasteiger partial charge in [0.05, 0.1) is 0 Å². The molecule has 0 unspecified atom stereocenters. The van der Waals surface area contributed by atoms with Crippen LogP contribution in [0.15, 0.2) is 12.3 Å². The summed E-state index contributed by atoms with van der Waals surface area (Å²) in [7, 11) is 2.00. The Kier molecular flexibility index (Phi) is 4.29. The number of hydrogen-bond acceptors (Lipinski definition) is 3. The first-order valence-corrected chi connectivity index (χ1v) is 8.17. The lowest BCUT2D eigenvalue weighted by molar-refractivity contribution is -0.137. The minimum Gasteiger partial charge on any atom is -0.342 e. The van der Waals surface area contributed by atoms with Crippen molar-refractivity contribution in [3.05, 3.63) is 18.0 Å². The fourth-order valence-corrected chi connectivity index (χ4v) is 4.06. The van der Waals surface area contributed by atoms with Crippen molar-refractivity contribution in [3.8, 4) is 0 Å². The second kappa shape index (κ2) is 6.18. The van der Waals surface area contributed by atoms with Crippen molar-refractivity contribution in [1.29, 1.82) is 0 Å². The third-order valence-corrected chi connectivity index (χ3v) is 5.36. The van der Waals surface area contributed by atoms with Gasteiger partial charge < -0.3 is 10.6 Å². The molecule has 2 heterocycles. The van der Waals surface area contributed by atoms with Crippen molar-refractivity contribution in [2.75, 3.05) is 19.6 Å². The molecule has 1 aliphatic carbocycles. The van der Waals surface area contributed by atoms with Crippen LogP contribution >= 0.6 is 0 Å². The number of amides is 1. The number of rotatable bonds is 3. The van der Waals surface area contributed by atoms with E-state index in [1.165, 1.54) is 5.69 Å². The summed E-state index contributed by atoms with van der Waals surface area (Å²) in [6.45, 7) is 2.41. The first kappa shape index (κ1) is 14.6. The molecule has 0 bridgehead atoms. The van der Waals surface area contributed by atoms with Crippen LogP contribution in [0, 0.1) is 11.8 Å². The zero-order valence-electron chi connectivity index (χ0n) is 12.9. The number of carbonyl (C=O) groups is 1. The Balaban J connectivity index is 1.58. The summed E-state index contributed by atoms with van der Waals surface area (Å²) < 4.78 is 1.96. The first-order valence-electron chi connectivity index (χ1n) is 8.17. The predicted octanol–water partition coefficient (Wildman–Crippen LogP) is 1.50. The lowest BCUT2D eigenvalue weighted by Gasteiger charge is -2.34. The van der Waals surface area contributed by atoms with Crippen molar-refractivity contribution in [3.63, 3.8) is 0 Å². The van der Waals surface area contributed by atoms with Gasteiger partial charge in [0.25, 0.3) is 0 Å². The van der Waals surface area contributed by atoms with Crippen LogP contribution < -0.4 is 5.73 Å². The van der Waals surface area contributed by atoms with E-state index in [0.29, 0.717) is 24.3 Å². The van der Waals surface area contributed by atoms with Gasteiger partial charge in [0.15, 0.2) is 0 Å². The number of carbonyl (C=O) groups excluding carboxylic acids is 1. The van der Waals surface area contributed by atoms with Gasteiger partial charge in [-0.25, -0.2) is 0 Å². The lowest BCUT2D eigenvalue weighted by atomic mass is 9.90. The molecule has 1 saturated heterocycles. The molecule has 0 spiro atoms. The number of nitrogens with zero attached hydrogens (tertiary/aromatic N) is 3. The van der Waals surface area contributed by atoms with E-state index in [1.807, 2.05) is 17.9 Å². The molecule has 2 atom stereocenters. The average molecular weight is 290 g/mol. The monoisotopic (exact) mass is 290 g/mol. The minimum absolute atomic E-state index is 0.184. The van der Waals surface area contributed by atoms with Crippen molar-refractivity contribution < 1.29 is 4.79 Å². The molecule has 1 saturated carbocycles. The highest BCUT2D eigenvalue weighted by Gasteiger charge is 2.36. The average Bonchev–Trinajstić information content (AvgIpc) is 3.15. The number of likely N-dealkylation sites (tertiary alicyclic amines) is 1. The molecule has 21 heavy (non-hydrogen) atoms. The molecule has 116 valence electrons. The van der Waals surface area contributed by atoms with Gasteiger partial charge in [-0.15, -0.1) is 0 Å². The van der Waals surface area contributed by atoms with Crippen LogP contribution in [-0.2, 0) is 11.8 Å². The Morgan fingerprint density at radius 1 is 1.33 bits per heavy atom. The van der Waals surface area contributed by atoms with Gasteiger partial charge in [-0.3, -0.25) is 9.48 Å². The maximum absolute atomic E-state index is 12.7. The number of aryl methyl sites for hydroxylation is 1. The van der Waals surface area contributed by atoms with Crippen LogP contribution in [0.2, 0.25) is 0 Å². The van der Waals surface area contributed by atoms with E-state index < -0.39 is 0 Å². The smallest absolute Gasteiger partial charge is 0.226 e. The molecule has 2 N–H and O–H groups in total. The van der Waals surface area contributed by atoms with Gasteiger partial charge in [0, 0.05) is 43.9 Å². The van der Waals surface area contributed by atoms with Crippen molar-refractivity contribution in [2.45, 2.75) is 38.0 Å². The van der Waals surface area contributed by atoms with E-state index in [-0.39, 0.29) is 5.92 Å². The number of hydrogen-bond donors (Lipinski definition) is 1. The first-order chi connectivity index (χ1) is 10.2. The van der Waals surface area contributed by atoms with E-state index in [1.54, 1.807) is 0 Å². The van der Waals surface area contributed by atoms with Gasteiger partial charge in [-0.1, -0.05) is 6.42 Å². The predicted molar refractivity (Wildman–Crippen MR) is 81.6 cm³/mol. The molecule has 1 amide bonds. The largest absolute Gasteiger partial charge is 0.342 e. The molecular formula is C16H26N4O. The fourth-order valence-electron chi connectivity index (χ4n) is 4.06.